The Balaban J connectivity index is 2.05. The lowest BCUT2D eigenvalue weighted by Gasteiger charge is -2.22. The number of benzene rings is 2. The van der Waals surface area contributed by atoms with E-state index in [0.29, 0.717) is 5.75 Å². The summed E-state index contributed by atoms with van der Waals surface area (Å²) in [5.41, 5.74) is 1.24. The first kappa shape index (κ1) is 21.3. The minimum Gasteiger partial charge on any atom is -0.467 e. The molecule has 2 rings (SSSR count). The Morgan fingerprint density at radius 1 is 1.04 bits per heavy atom. The van der Waals surface area contributed by atoms with Gasteiger partial charge in [-0.3, -0.25) is 0 Å². The molecule has 0 saturated heterocycles. The van der Waals surface area contributed by atoms with Gasteiger partial charge in [0.05, 0.1) is 7.11 Å². The number of hydrogen-bond donors (Lipinski definition) is 1. The first-order valence-corrected chi connectivity index (χ1v) is 9.07. The summed E-state index contributed by atoms with van der Waals surface area (Å²) in [5, 5.41) is 2.57. The smallest absolute Gasteiger partial charge is 0.408 e. The number of methoxy groups -OCH3 is 1. The van der Waals surface area contributed by atoms with Gasteiger partial charge >= 0.3 is 12.1 Å². The molecule has 0 aliphatic rings. The van der Waals surface area contributed by atoms with Crippen molar-refractivity contribution < 1.29 is 23.8 Å². The maximum atomic E-state index is 12.0. The summed E-state index contributed by atoms with van der Waals surface area (Å²) in [6.07, 6.45) is -0.390. The molecule has 0 aliphatic carbocycles. The van der Waals surface area contributed by atoms with Crippen LogP contribution in [0.3, 0.4) is 0 Å². The van der Waals surface area contributed by atoms with Crippen molar-refractivity contribution in [3.05, 3.63) is 59.7 Å². The number of nitrogens with one attached hydrogen (secondary N) is 1. The van der Waals surface area contributed by atoms with E-state index >= 15 is 0 Å². The number of ether oxygens (including phenoxy) is 3. The second-order valence-electron chi connectivity index (χ2n) is 7.44. The number of hydrogen-bond acceptors (Lipinski definition) is 5. The van der Waals surface area contributed by atoms with Gasteiger partial charge in [-0.1, -0.05) is 30.3 Å². The molecule has 0 fully saturated rings. The van der Waals surface area contributed by atoms with Gasteiger partial charge in [0.2, 0.25) is 0 Å². The Bertz CT molecular complexity index is 808. The number of alkyl carbamates (subject to hydrolysis) is 1. The van der Waals surface area contributed by atoms with Crippen molar-refractivity contribution in [3.8, 4) is 11.5 Å². The molecule has 0 aromatic heterocycles. The van der Waals surface area contributed by atoms with Gasteiger partial charge in [0.25, 0.3) is 0 Å². The predicted molar refractivity (Wildman–Crippen MR) is 107 cm³/mol. The van der Waals surface area contributed by atoms with Crippen molar-refractivity contribution in [1.29, 1.82) is 0 Å². The summed E-state index contributed by atoms with van der Waals surface area (Å²) in [7, 11) is 1.28. The average molecular weight is 385 g/mol. The highest BCUT2D eigenvalue weighted by Gasteiger charge is 2.25. The SMILES string of the molecule is COC(=O)[C@@H](Cc1ccc(Oc2ccccc2C)cc1)NC(=O)OC(C)(C)C. The van der Waals surface area contributed by atoms with Gasteiger partial charge in [0.15, 0.2) is 0 Å². The van der Waals surface area contributed by atoms with Crippen molar-refractivity contribution in [2.75, 3.05) is 7.11 Å². The van der Waals surface area contributed by atoms with Crippen LogP contribution in [0.25, 0.3) is 0 Å². The third-order valence-corrected chi connectivity index (χ3v) is 3.86. The predicted octanol–water partition coefficient (Wildman–Crippen LogP) is 4.40. The molecule has 150 valence electrons. The molecule has 6 heteroatoms. The normalized spacial score (nSPS) is 12.0. The molecular formula is C22H27NO5. The van der Waals surface area contributed by atoms with Crippen LogP contribution < -0.4 is 10.1 Å². The van der Waals surface area contributed by atoms with Crippen LogP contribution in [0, 0.1) is 6.92 Å². The Morgan fingerprint density at radius 2 is 1.68 bits per heavy atom. The maximum absolute atomic E-state index is 12.0. The second-order valence-corrected chi connectivity index (χ2v) is 7.44. The van der Waals surface area contributed by atoms with E-state index in [1.165, 1.54) is 7.11 Å². The first-order valence-electron chi connectivity index (χ1n) is 9.07. The molecule has 0 radical (unpaired) electrons. The summed E-state index contributed by atoms with van der Waals surface area (Å²) in [4.78, 5) is 24.1. The fourth-order valence-corrected chi connectivity index (χ4v) is 2.51. The van der Waals surface area contributed by atoms with E-state index in [1.807, 2.05) is 55.5 Å². The van der Waals surface area contributed by atoms with E-state index in [4.69, 9.17) is 14.2 Å². The highest BCUT2D eigenvalue weighted by Crippen LogP contribution is 2.25. The standard InChI is InChI=1S/C22H27NO5/c1-15-8-6-7-9-19(15)27-17-12-10-16(11-13-17)14-18(20(24)26-5)23-21(25)28-22(2,3)4/h6-13,18H,14H2,1-5H3,(H,23,25)/t18-/m1/s1. The third kappa shape index (κ3) is 6.61. The molecule has 0 spiro atoms. The van der Waals surface area contributed by atoms with Crippen molar-refractivity contribution in [2.24, 2.45) is 0 Å². The topological polar surface area (TPSA) is 73.9 Å². The number of carbonyl (C=O) groups is 2. The molecule has 2 aromatic carbocycles. The van der Waals surface area contributed by atoms with Crippen molar-refractivity contribution in [1.82, 2.24) is 5.32 Å². The molecule has 0 bridgehead atoms. The van der Waals surface area contributed by atoms with Crippen LogP contribution in [-0.4, -0.2) is 30.8 Å². The summed E-state index contributed by atoms with van der Waals surface area (Å²) < 4.78 is 15.9. The zero-order valence-electron chi connectivity index (χ0n) is 16.9. The Morgan fingerprint density at radius 3 is 2.25 bits per heavy atom. The van der Waals surface area contributed by atoms with E-state index in [2.05, 4.69) is 5.32 Å². The van der Waals surface area contributed by atoms with Crippen LogP contribution in [0.15, 0.2) is 48.5 Å². The molecule has 28 heavy (non-hydrogen) atoms. The number of amides is 1. The molecule has 2 aromatic rings. The van der Waals surface area contributed by atoms with E-state index in [0.717, 1.165) is 16.9 Å². The van der Waals surface area contributed by atoms with E-state index in [9.17, 15) is 9.59 Å². The fourth-order valence-electron chi connectivity index (χ4n) is 2.51. The van der Waals surface area contributed by atoms with Crippen LogP contribution in [0.5, 0.6) is 11.5 Å². The van der Waals surface area contributed by atoms with Crippen molar-refractivity contribution >= 4 is 12.1 Å². The Kier molecular flexibility index (Phi) is 7.04. The van der Waals surface area contributed by atoms with Crippen LogP contribution in [0.2, 0.25) is 0 Å². The second kappa shape index (κ2) is 9.26. The molecular weight excluding hydrogens is 358 g/mol. The molecule has 1 N–H and O–H groups in total. The molecule has 0 saturated carbocycles. The molecule has 0 unspecified atom stereocenters. The van der Waals surface area contributed by atoms with Gasteiger partial charge in [-0.2, -0.15) is 0 Å². The van der Waals surface area contributed by atoms with E-state index in [1.54, 1.807) is 20.8 Å². The zero-order chi connectivity index (χ0) is 20.7. The molecule has 0 heterocycles. The summed E-state index contributed by atoms with van der Waals surface area (Å²) >= 11 is 0. The quantitative estimate of drug-likeness (QED) is 0.746. The average Bonchev–Trinajstić information content (AvgIpc) is 2.62. The van der Waals surface area contributed by atoms with Gasteiger partial charge in [-0.05, 0) is 57.0 Å². The lowest BCUT2D eigenvalue weighted by atomic mass is 10.1. The fraction of sp³-hybridized carbons (Fsp3) is 0.364. The zero-order valence-corrected chi connectivity index (χ0v) is 16.9. The third-order valence-electron chi connectivity index (χ3n) is 3.86. The van der Waals surface area contributed by atoms with Gasteiger partial charge in [-0.25, -0.2) is 9.59 Å². The number of esters is 1. The number of rotatable bonds is 6. The van der Waals surface area contributed by atoms with E-state index < -0.39 is 23.7 Å². The van der Waals surface area contributed by atoms with Crippen LogP contribution in [-0.2, 0) is 20.7 Å². The lowest BCUT2D eigenvalue weighted by molar-refractivity contribution is -0.143. The van der Waals surface area contributed by atoms with Crippen LogP contribution >= 0.6 is 0 Å². The Hall–Kier alpha value is -3.02. The number of para-hydroxylation sites is 1. The van der Waals surface area contributed by atoms with Gasteiger partial charge in [0.1, 0.15) is 23.1 Å². The largest absolute Gasteiger partial charge is 0.467 e. The van der Waals surface area contributed by atoms with Crippen LogP contribution in [0.4, 0.5) is 4.79 Å². The summed E-state index contributed by atoms with van der Waals surface area (Å²) in [5.74, 6) is 0.938. The maximum Gasteiger partial charge on any atom is 0.408 e. The van der Waals surface area contributed by atoms with Gasteiger partial charge in [-0.15, -0.1) is 0 Å². The van der Waals surface area contributed by atoms with Crippen molar-refractivity contribution in [2.45, 2.75) is 45.8 Å². The minimum atomic E-state index is -0.844. The number of carbonyl (C=O) groups excluding carboxylic acids is 2. The molecule has 1 atom stereocenters. The molecule has 0 aliphatic heterocycles. The highest BCUT2D eigenvalue weighted by molar-refractivity contribution is 5.81. The Labute approximate surface area is 165 Å². The van der Waals surface area contributed by atoms with E-state index in [-0.39, 0.29) is 6.42 Å². The number of aryl methyl sites for hydroxylation is 1. The molecule has 6 nitrogen and oxygen atoms in total. The lowest BCUT2D eigenvalue weighted by Crippen LogP contribution is -2.45. The minimum absolute atomic E-state index is 0.274. The monoisotopic (exact) mass is 385 g/mol. The molecule has 1 amide bonds. The summed E-state index contributed by atoms with van der Waals surface area (Å²) in [6.45, 7) is 7.25. The van der Waals surface area contributed by atoms with Crippen LogP contribution in [0.1, 0.15) is 31.9 Å². The highest BCUT2D eigenvalue weighted by atomic mass is 16.6. The van der Waals surface area contributed by atoms with Gasteiger partial charge < -0.3 is 19.5 Å². The van der Waals surface area contributed by atoms with Gasteiger partial charge in [0, 0.05) is 6.42 Å². The summed E-state index contributed by atoms with van der Waals surface area (Å²) in [6, 6.07) is 14.3. The van der Waals surface area contributed by atoms with Crippen molar-refractivity contribution in [3.63, 3.8) is 0 Å². The first-order chi connectivity index (χ1) is 13.2.